The van der Waals surface area contributed by atoms with Gasteiger partial charge in [0.25, 0.3) is 0 Å². The van der Waals surface area contributed by atoms with Crippen molar-refractivity contribution < 1.29 is 0 Å². The van der Waals surface area contributed by atoms with Gasteiger partial charge in [0.1, 0.15) is 0 Å². The van der Waals surface area contributed by atoms with Crippen molar-refractivity contribution in [2.75, 3.05) is 0 Å². The Bertz CT molecular complexity index is 1320. The number of hydrogen-bond donors (Lipinski definition) is 1. The van der Waals surface area contributed by atoms with E-state index in [-0.39, 0.29) is 0 Å². The number of fused-ring (bicyclic) bond motifs is 1. The van der Waals surface area contributed by atoms with Crippen molar-refractivity contribution in [3.63, 3.8) is 0 Å². The Kier molecular flexibility index (Phi) is 3.90. The smallest absolute Gasteiger partial charge is 0.205 e. The lowest BCUT2D eigenvalue weighted by atomic mass is 9.97. The van der Waals surface area contributed by atoms with E-state index < -0.39 is 0 Å². The van der Waals surface area contributed by atoms with Gasteiger partial charge in [0.2, 0.25) is 5.82 Å². The summed E-state index contributed by atoms with van der Waals surface area (Å²) in [6.07, 6.45) is 5.09. The first kappa shape index (κ1) is 17.0. The fraction of sp³-hybridized carbons (Fsp3) is 0.174. The third-order valence-electron chi connectivity index (χ3n) is 5.63. The topological polar surface area (TPSA) is 84.6 Å². The number of aromatic amines is 1. The molecule has 30 heavy (non-hydrogen) atoms. The zero-order valence-corrected chi connectivity index (χ0v) is 16.2. The van der Waals surface area contributed by atoms with E-state index in [0.717, 1.165) is 28.8 Å². The molecule has 146 valence electrons. The molecule has 0 amide bonds. The second kappa shape index (κ2) is 6.88. The average molecular weight is 393 g/mol. The van der Waals surface area contributed by atoms with Crippen LogP contribution in [0.25, 0.3) is 28.2 Å². The van der Waals surface area contributed by atoms with Gasteiger partial charge in [-0.05, 0) is 46.9 Å². The van der Waals surface area contributed by atoms with E-state index in [2.05, 4.69) is 56.1 Å². The number of aromatic nitrogens is 7. The number of nitrogens with zero attached hydrogens (tertiary/aromatic N) is 6. The van der Waals surface area contributed by atoms with E-state index in [1.54, 1.807) is 0 Å². The van der Waals surface area contributed by atoms with Crippen LogP contribution >= 0.6 is 0 Å². The summed E-state index contributed by atoms with van der Waals surface area (Å²) in [5.41, 5.74) is 7.75. The molecule has 5 aromatic rings. The maximum absolute atomic E-state index is 4.85. The molecule has 0 aliphatic heterocycles. The van der Waals surface area contributed by atoms with Crippen LogP contribution < -0.4 is 0 Å². The lowest BCUT2D eigenvalue weighted by molar-refractivity contribution is 0.854. The Balaban J connectivity index is 1.35. The molecule has 6 rings (SSSR count). The van der Waals surface area contributed by atoms with Crippen LogP contribution in [0.5, 0.6) is 0 Å². The summed E-state index contributed by atoms with van der Waals surface area (Å²) in [5.74, 6) is 1.18. The largest absolute Gasteiger partial charge is 0.231 e. The summed E-state index contributed by atoms with van der Waals surface area (Å²) in [6, 6.07) is 20.8. The van der Waals surface area contributed by atoms with Gasteiger partial charge in [0.05, 0.1) is 11.4 Å². The molecular formula is C23H19N7. The predicted octanol–water partition coefficient (Wildman–Crippen LogP) is 4.04. The quantitative estimate of drug-likeness (QED) is 0.487. The highest BCUT2D eigenvalue weighted by atomic mass is 15.5. The van der Waals surface area contributed by atoms with Crippen molar-refractivity contribution >= 4 is 5.65 Å². The Morgan fingerprint density at radius 3 is 2.53 bits per heavy atom. The Morgan fingerprint density at radius 2 is 1.77 bits per heavy atom. The summed E-state index contributed by atoms with van der Waals surface area (Å²) in [7, 11) is 0. The molecule has 1 aliphatic rings. The van der Waals surface area contributed by atoms with E-state index in [0.29, 0.717) is 11.7 Å². The molecular weight excluding hydrogens is 374 g/mol. The third kappa shape index (κ3) is 2.95. The third-order valence-corrected chi connectivity index (χ3v) is 5.63. The molecule has 1 saturated carbocycles. The average Bonchev–Trinajstić information content (AvgIpc) is 3.37. The molecule has 1 N–H and O–H groups in total. The van der Waals surface area contributed by atoms with E-state index in [4.69, 9.17) is 4.98 Å². The van der Waals surface area contributed by atoms with Crippen molar-refractivity contribution in [3.8, 4) is 22.5 Å². The maximum atomic E-state index is 4.85. The minimum Gasteiger partial charge on any atom is -0.231 e. The molecule has 1 fully saturated rings. The zero-order chi connectivity index (χ0) is 19.9. The highest BCUT2D eigenvalue weighted by Gasteiger charge is 2.30. The lowest BCUT2D eigenvalue weighted by Gasteiger charge is -2.09. The fourth-order valence-electron chi connectivity index (χ4n) is 4.00. The molecule has 0 bridgehead atoms. The normalized spacial score (nSPS) is 13.7. The van der Waals surface area contributed by atoms with Crippen molar-refractivity contribution in [3.05, 3.63) is 83.8 Å². The summed E-state index contributed by atoms with van der Waals surface area (Å²) < 4.78 is 1.99. The Hall–Kier alpha value is -3.87. The van der Waals surface area contributed by atoms with Gasteiger partial charge in [-0.15, -0.1) is 10.2 Å². The molecule has 7 nitrogen and oxygen atoms in total. The van der Waals surface area contributed by atoms with E-state index in [9.17, 15) is 0 Å². The van der Waals surface area contributed by atoms with E-state index in [1.807, 2.05) is 41.0 Å². The summed E-state index contributed by atoms with van der Waals surface area (Å²) >= 11 is 0. The van der Waals surface area contributed by atoms with Gasteiger partial charge in [-0.2, -0.15) is 10.3 Å². The first-order chi connectivity index (χ1) is 14.9. The molecule has 1 aliphatic carbocycles. The highest BCUT2D eigenvalue weighted by molar-refractivity contribution is 5.80. The number of H-pyrrole nitrogens is 1. The number of nitrogens with one attached hydrogen (secondary N) is 1. The maximum Gasteiger partial charge on any atom is 0.205 e. The Labute approximate surface area is 172 Å². The minimum absolute atomic E-state index is 0.586. The second-order valence-corrected chi connectivity index (χ2v) is 7.67. The van der Waals surface area contributed by atoms with Crippen molar-refractivity contribution in [2.45, 2.75) is 25.2 Å². The highest BCUT2D eigenvalue weighted by Crippen LogP contribution is 2.41. The zero-order valence-electron chi connectivity index (χ0n) is 16.2. The van der Waals surface area contributed by atoms with Gasteiger partial charge in [0.15, 0.2) is 5.65 Å². The first-order valence-electron chi connectivity index (χ1n) is 10.1. The SMILES string of the molecule is c1ccc(-c2nn[nH]n2)c(-c2ccc(Cc3c(C4CC4)nc4cccnn34)cc2)c1. The molecule has 0 atom stereocenters. The molecule has 3 aromatic heterocycles. The van der Waals surface area contributed by atoms with E-state index >= 15 is 0 Å². The molecule has 0 spiro atoms. The van der Waals surface area contributed by atoms with Crippen LogP contribution in [-0.2, 0) is 6.42 Å². The molecule has 0 radical (unpaired) electrons. The summed E-state index contributed by atoms with van der Waals surface area (Å²) in [6.45, 7) is 0. The molecule has 0 unspecified atom stereocenters. The van der Waals surface area contributed by atoms with Crippen LogP contribution in [0.1, 0.15) is 35.7 Å². The lowest BCUT2D eigenvalue weighted by Crippen LogP contribution is -2.00. The van der Waals surface area contributed by atoms with Crippen LogP contribution in [0.3, 0.4) is 0 Å². The van der Waals surface area contributed by atoms with Gasteiger partial charge in [-0.1, -0.05) is 48.5 Å². The van der Waals surface area contributed by atoms with Crippen molar-refractivity contribution in [1.82, 2.24) is 35.2 Å². The van der Waals surface area contributed by atoms with Gasteiger partial charge in [-0.3, -0.25) is 0 Å². The van der Waals surface area contributed by atoms with Gasteiger partial charge < -0.3 is 0 Å². The van der Waals surface area contributed by atoms with Crippen LogP contribution in [0.2, 0.25) is 0 Å². The molecule has 3 heterocycles. The number of tetrazole rings is 1. The summed E-state index contributed by atoms with van der Waals surface area (Å²) in [4.78, 5) is 4.85. The second-order valence-electron chi connectivity index (χ2n) is 7.67. The van der Waals surface area contributed by atoms with Crippen molar-refractivity contribution in [1.29, 1.82) is 0 Å². The summed E-state index contributed by atoms with van der Waals surface area (Å²) in [5, 5.41) is 19.0. The number of hydrogen-bond acceptors (Lipinski definition) is 5. The molecule has 7 heteroatoms. The molecule has 0 saturated heterocycles. The number of imidazole rings is 1. The number of rotatable bonds is 5. The van der Waals surface area contributed by atoms with Gasteiger partial charge in [0, 0.05) is 24.1 Å². The first-order valence-corrected chi connectivity index (χ1v) is 10.1. The van der Waals surface area contributed by atoms with Crippen LogP contribution in [0, 0.1) is 0 Å². The standard InChI is InChI=1S/C23H19N7/c1-2-5-19(23-26-28-29-27-23)18(4-1)16-9-7-15(8-10-16)14-20-22(17-11-12-17)25-21-6-3-13-24-30(20)21/h1-10,13,17H,11-12,14H2,(H,26,27,28,29). The monoisotopic (exact) mass is 393 g/mol. The fourth-order valence-corrected chi connectivity index (χ4v) is 4.00. The van der Waals surface area contributed by atoms with Gasteiger partial charge in [-0.25, -0.2) is 9.50 Å². The van der Waals surface area contributed by atoms with Crippen LogP contribution in [0.4, 0.5) is 0 Å². The van der Waals surface area contributed by atoms with Crippen LogP contribution in [0.15, 0.2) is 66.9 Å². The minimum atomic E-state index is 0.586. The van der Waals surface area contributed by atoms with Crippen molar-refractivity contribution in [2.24, 2.45) is 0 Å². The van der Waals surface area contributed by atoms with E-state index in [1.165, 1.54) is 29.8 Å². The number of benzene rings is 2. The predicted molar refractivity (Wildman–Crippen MR) is 113 cm³/mol. The van der Waals surface area contributed by atoms with Crippen LogP contribution in [-0.4, -0.2) is 35.2 Å². The molecule has 2 aromatic carbocycles. The Morgan fingerprint density at radius 1 is 0.933 bits per heavy atom. The van der Waals surface area contributed by atoms with Gasteiger partial charge >= 0.3 is 0 Å².